The Morgan fingerprint density at radius 3 is 2.79 bits per heavy atom. The lowest BCUT2D eigenvalue weighted by atomic mass is 10.2. The van der Waals surface area contributed by atoms with Crippen LogP contribution >= 0.6 is 0 Å². The highest BCUT2D eigenvalue weighted by atomic mass is 16.3. The molecule has 0 fully saturated rings. The highest BCUT2D eigenvalue weighted by Gasteiger charge is 1.95. The minimum Gasteiger partial charge on any atom is -0.387 e. The summed E-state index contributed by atoms with van der Waals surface area (Å²) < 4.78 is 0. The Morgan fingerprint density at radius 2 is 2.14 bits per heavy atom. The van der Waals surface area contributed by atoms with Crippen LogP contribution in [0.15, 0.2) is 35.4 Å². The van der Waals surface area contributed by atoms with E-state index in [1.165, 1.54) is 6.21 Å². The molecule has 2 N–H and O–H groups in total. The van der Waals surface area contributed by atoms with Gasteiger partial charge in [-0.15, -0.1) is 0 Å². The Kier molecular flexibility index (Phi) is 4.72. The van der Waals surface area contributed by atoms with Crippen molar-refractivity contribution in [2.45, 2.75) is 25.9 Å². The number of benzene rings is 1. The first-order valence-corrected chi connectivity index (χ1v) is 4.85. The number of hydrogen-bond acceptors (Lipinski definition) is 3. The molecule has 0 aliphatic heterocycles. The number of hydrazone groups is 1. The second-order valence-electron chi connectivity index (χ2n) is 3.11. The van der Waals surface area contributed by atoms with Crippen LogP contribution < -0.4 is 5.43 Å². The average molecular weight is 192 g/mol. The van der Waals surface area contributed by atoms with Crippen LogP contribution in [0.1, 0.15) is 19.8 Å². The van der Waals surface area contributed by atoms with Crippen LogP contribution in [0.5, 0.6) is 0 Å². The molecule has 0 heterocycles. The predicted molar refractivity (Wildman–Crippen MR) is 59.5 cm³/mol. The lowest BCUT2D eigenvalue weighted by Gasteiger charge is -2.02. The van der Waals surface area contributed by atoms with Crippen LogP contribution in [0.25, 0.3) is 0 Å². The third-order valence-corrected chi connectivity index (χ3v) is 1.80. The van der Waals surface area contributed by atoms with Crippen molar-refractivity contribution in [2.75, 3.05) is 5.43 Å². The molecule has 1 aromatic carbocycles. The van der Waals surface area contributed by atoms with Crippen LogP contribution in [-0.2, 0) is 0 Å². The zero-order valence-corrected chi connectivity index (χ0v) is 8.35. The quantitative estimate of drug-likeness (QED) is 0.555. The fourth-order valence-corrected chi connectivity index (χ4v) is 1.08. The SMILES string of the molecule is CCCC(O)/C=N/Nc1ccccc1. The second kappa shape index (κ2) is 6.16. The van der Waals surface area contributed by atoms with Gasteiger partial charge in [0.15, 0.2) is 0 Å². The summed E-state index contributed by atoms with van der Waals surface area (Å²) in [7, 11) is 0. The zero-order valence-electron chi connectivity index (χ0n) is 8.35. The molecule has 1 atom stereocenters. The van der Waals surface area contributed by atoms with Crippen molar-refractivity contribution in [3.63, 3.8) is 0 Å². The number of para-hydroxylation sites is 1. The topological polar surface area (TPSA) is 44.6 Å². The Morgan fingerprint density at radius 1 is 1.43 bits per heavy atom. The summed E-state index contributed by atoms with van der Waals surface area (Å²) in [6, 6.07) is 9.65. The first-order chi connectivity index (χ1) is 6.83. The molecule has 1 aromatic rings. The van der Waals surface area contributed by atoms with Gasteiger partial charge in [-0.05, 0) is 18.6 Å². The van der Waals surface area contributed by atoms with Crippen LogP contribution in [0, 0.1) is 0 Å². The van der Waals surface area contributed by atoms with Gasteiger partial charge in [0.1, 0.15) is 0 Å². The van der Waals surface area contributed by atoms with Gasteiger partial charge in [-0.25, -0.2) is 0 Å². The molecule has 3 nitrogen and oxygen atoms in total. The van der Waals surface area contributed by atoms with E-state index >= 15 is 0 Å². The highest BCUT2D eigenvalue weighted by Crippen LogP contribution is 2.04. The predicted octanol–water partition coefficient (Wildman–Crippen LogP) is 2.25. The van der Waals surface area contributed by atoms with Gasteiger partial charge in [-0.3, -0.25) is 5.43 Å². The average Bonchev–Trinajstić information content (AvgIpc) is 2.20. The lowest BCUT2D eigenvalue weighted by molar-refractivity contribution is 0.234. The first kappa shape index (κ1) is 10.7. The van der Waals surface area contributed by atoms with E-state index in [4.69, 9.17) is 0 Å². The summed E-state index contributed by atoms with van der Waals surface area (Å²) in [5, 5.41) is 13.3. The Labute approximate surface area is 84.5 Å². The van der Waals surface area contributed by atoms with Crippen LogP contribution in [0.3, 0.4) is 0 Å². The molecule has 0 amide bonds. The van der Waals surface area contributed by atoms with Crippen molar-refractivity contribution >= 4 is 11.9 Å². The minimum atomic E-state index is -0.448. The molecule has 1 unspecified atom stereocenters. The molecular formula is C11H16N2O. The monoisotopic (exact) mass is 192 g/mol. The molecule has 1 rings (SSSR count). The van der Waals surface area contributed by atoms with E-state index in [2.05, 4.69) is 10.5 Å². The van der Waals surface area contributed by atoms with Gasteiger partial charge in [-0.2, -0.15) is 5.10 Å². The van der Waals surface area contributed by atoms with E-state index in [0.717, 1.165) is 18.5 Å². The van der Waals surface area contributed by atoms with Gasteiger partial charge in [-0.1, -0.05) is 31.5 Å². The number of aliphatic hydroxyl groups is 1. The molecule has 0 bridgehead atoms. The van der Waals surface area contributed by atoms with Crippen molar-refractivity contribution in [3.8, 4) is 0 Å². The minimum absolute atomic E-state index is 0.448. The van der Waals surface area contributed by atoms with Crippen LogP contribution in [0.4, 0.5) is 5.69 Å². The zero-order chi connectivity index (χ0) is 10.2. The maximum absolute atomic E-state index is 9.34. The van der Waals surface area contributed by atoms with Crippen molar-refractivity contribution in [1.82, 2.24) is 0 Å². The van der Waals surface area contributed by atoms with Crippen molar-refractivity contribution in [2.24, 2.45) is 5.10 Å². The second-order valence-corrected chi connectivity index (χ2v) is 3.11. The molecule has 0 spiro atoms. The summed E-state index contributed by atoms with van der Waals surface area (Å²) in [6.45, 7) is 2.03. The summed E-state index contributed by atoms with van der Waals surface area (Å²) in [6.07, 6.45) is 2.78. The van der Waals surface area contributed by atoms with Gasteiger partial charge < -0.3 is 5.11 Å². The molecule has 0 aromatic heterocycles. The molecule has 0 aliphatic rings. The highest BCUT2D eigenvalue weighted by molar-refractivity contribution is 5.64. The molecule has 14 heavy (non-hydrogen) atoms. The standard InChI is InChI=1S/C11H16N2O/c1-2-6-11(14)9-12-13-10-7-4-3-5-8-10/h3-5,7-9,11,13-14H,2,6H2,1H3/b12-9+. The van der Waals surface area contributed by atoms with Gasteiger partial charge in [0.25, 0.3) is 0 Å². The van der Waals surface area contributed by atoms with E-state index in [0.29, 0.717) is 0 Å². The Hall–Kier alpha value is -1.35. The number of hydrogen-bond donors (Lipinski definition) is 2. The number of rotatable bonds is 5. The summed E-state index contributed by atoms with van der Waals surface area (Å²) in [5.41, 5.74) is 3.77. The fourth-order valence-electron chi connectivity index (χ4n) is 1.08. The number of aliphatic hydroxyl groups excluding tert-OH is 1. The van der Waals surface area contributed by atoms with E-state index in [1.54, 1.807) is 0 Å². The third-order valence-electron chi connectivity index (χ3n) is 1.80. The molecule has 3 heteroatoms. The van der Waals surface area contributed by atoms with E-state index in [9.17, 15) is 5.11 Å². The summed E-state index contributed by atoms with van der Waals surface area (Å²) >= 11 is 0. The van der Waals surface area contributed by atoms with E-state index < -0.39 is 6.10 Å². The molecule has 0 saturated carbocycles. The van der Waals surface area contributed by atoms with E-state index in [1.807, 2.05) is 37.3 Å². The van der Waals surface area contributed by atoms with Gasteiger partial charge >= 0.3 is 0 Å². The third kappa shape index (κ3) is 4.05. The molecule has 0 aliphatic carbocycles. The molecule has 76 valence electrons. The normalized spacial score (nSPS) is 13.0. The van der Waals surface area contributed by atoms with Crippen molar-refractivity contribution in [3.05, 3.63) is 30.3 Å². The van der Waals surface area contributed by atoms with Crippen LogP contribution in [0.2, 0.25) is 0 Å². The molecule has 0 radical (unpaired) electrons. The summed E-state index contributed by atoms with van der Waals surface area (Å²) in [5.74, 6) is 0. The maximum Gasteiger partial charge on any atom is 0.0908 e. The number of nitrogens with zero attached hydrogens (tertiary/aromatic N) is 1. The van der Waals surface area contributed by atoms with Gasteiger partial charge in [0, 0.05) is 0 Å². The van der Waals surface area contributed by atoms with Crippen molar-refractivity contribution < 1.29 is 5.11 Å². The molecular weight excluding hydrogens is 176 g/mol. The van der Waals surface area contributed by atoms with Gasteiger partial charge in [0.05, 0.1) is 18.0 Å². The number of anilines is 1. The maximum atomic E-state index is 9.34. The van der Waals surface area contributed by atoms with Gasteiger partial charge in [0.2, 0.25) is 0 Å². The number of nitrogens with one attached hydrogen (secondary N) is 1. The smallest absolute Gasteiger partial charge is 0.0908 e. The van der Waals surface area contributed by atoms with E-state index in [-0.39, 0.29) is 0 Å². The Balaban J connectivity index is 2.33. The lowest BCUT2D eigenvalue weighted by Crippen LogP contribution is -2.08. The van der Waals surface area contributed by atoms with Crippen molar-refractivity contribution in [1.29, 1.82) is 0 Å². The molecule has 0 saturated heterocycles. The Bertz CT molecular complexity index is 272. The first-order valence-electron chi connectivity index (χ1n) is 4.85. The largest absolute Gasteiger partial charge is 0.387 e. The fraction of sp³-hybridized carbons (Fsp3) is 0.364. The van der Waals surface area contributed by atoms with Crippen LogP contribution in [-0.4, -0.2) is 17.4 Å². The summed E-state index contributed by atoms with van der Waals surface area (Å²) in [4.78, 5) is 0.